The summed E-state index contributed by atoms with van der Waals surface area (Å²) in [6, 6.07) is 15.9. The normalized spacial score (nSPS) is 16.6. The Labute approximate surface area is 214 Å². The van der Waals surface area contributed by atoms with Crippen molar-refractivity contribution in [2.24, 2.45) is 4.99 Å². The molecule has 4 aromatic rings. The second kappa shape index (κ2) is 9.16. The summed E-state index contributed by atoms with van der Waals surface area (Å²) in [6.45, 7) is 5.96. The van der Waals surface area contributed by atoms with Crippen molar-refractivity contribution in [1.82, 2.24) is 4.57 Å². The van der Waals surface area contributed by atoms with E-state index in [9.17, 15) is 14.3 Å². The molecule has 6 rings (SSSR count). The smallest absolute Gasteiger partial charge is 0.335 e. The van der Waals surface area contributed by atoms with E-state index in [4.69, 9.17) is 9.47 Å². The predicted molar refractivity (Wildman–Crippen MR) is 141 cm³/mol. The molecule has 0 saturated carbocycles. The summed E-state index contributed by atoms with van der Waals surface area (Å²) in [4.78, 5) is 16.3. The Morgan fingerprint density at radius 2 is 1.97 bits per heavy atom. The number of rotatable bonds is 6. The van der Waals surface area contributed by atoms with E-state index in [-0.39, 0.29) is 23.4 Å². The number of nitrogens with zero attached hydrogens (tertiary/aromatic N) is 2. The first-order chi connectivity index (χ1) is 17.9. The highest BCUT2D eigenvalue weighted by molar-refractivity contribution is 6.04. The van der Waals surface area contributed by atoms with Gasteiger partial charge in [0.25, 0.3) is 0 Å². The number of carboxylic acids is 1. The number of hydrogen-bond donors (Lipinski definition) is 1. The first kappa shape index (κ1) is 23.4. The van der Waals surface area contributed by atoms with Crippen LogP contribution >= 0.6 is 0 Å². The van der Waals surface area contributed by atoms with E-state index in [0.717, 1.165) is 51.0 Å². The van der Waals surface area contributed by atoms with Gasteiger partial charge >= 0.3 is 5.97 Å². The topological polar surface area (TPSA) is 73.1 Å². The number of aromatic carboxylic acids is 1. The number of aromatic nitrogens is 1. The Bertz CT molecular complexity index is 1550. The van der Waals surface area contributed by atoms with Gasteiger partial charge in [0.15, 0.2) is 0 Å². The summed E-state index contributed by atoms with van der Waals surface area (Å²) in [5, 5.41) is 10.7. The van der Waals surface area contributed by atoms with Gasteiger partial charge in [-0.1, -0.05) is 13.8 Å². The van der Waals surface area contributed by atoms with Gasteiger partial charge in [0.2, 0.25) is 0 Å². The molecule has 1 atom stereocenters. The standard InChI is InChI=1S/C30H27FN2O4/c1-17(2)29-28(24-8-3-18(30(34)35)13-27(24)37-23-9-10-36-16-23)25-11-19-14-32-15-20(19)12-26(25)33(29)22-6-4-21(31)5-7-22/h3-8,11-13,15,17,23H,9-10,14,16H2,1-2H3,(H,34,35). The fourth-order valence-corrected chi connectivity index (χ4v) is 5.36. The average molecular weight is 499 g/mol. The molecular formula is C30H27FN2O4. The molecule has 6 nitrogen and oxygen atoms in total. The number of benzene rings is 3. The molecule has 3 heterocycles. The van der Waals surface area contributed by atoms with E-state index in [1.54, 1.807) is 24.3 Å². The monoisotopic (exact) mass is 498 g/mol. The van der Waals surface area contributed by atoms with Crippen molar-refractivity contribution in [3.63, 3.8) is 0 Å². The van der Waals surface area contributed by atoms with Crippen LogP contribution in [0.3, 0.4) is 0 Å². The molecule has 2 aliphatic rings. The van der Waals surface area contributed by atoms with Crippen LogP contribution in [0.5, 0.6) is 5.75 Å². The molecule has 2 aliphatic heterocycles. The van der Waals surface area contributed by atoms with E-state index >= 15 is 0 Å². The van der Waals surface area contributed by atoms with Gasteiger partial charge in [-0.15, -0.1) is 0 Å². The van der Waals surface area contributed by atoms with Gasteiger partial charge in [0.1, 0.15) is 17.7 Å². The van der Waals surface area contributed by atoms with Crippen LogP contribution in [0.15, 0.2) is 59.6 Å². The van der Waals surface area contributed by atoms with Crippen molar-refractivity contribution in [3.8, 4) is 22.6 Å². The molecule has 1 saturated heterocycles. The lowest BCUT2D eigenvalue weighted by Crippen LogP contribution is -2.16. The number of hydrogen-bond acceptors (Lipinski definition) is 4. The highest BCUT2D eigenvalue weighted by Gasteiger charge is 2.28. The van der Waals surface area contributed by atoms with Crippen molar-refractivity contribution in [1.29, 1.82) is 0 Å². The summed E-state index contributed by atoms with van der Waals surface area (Å²) in [6.07, 6.45) is 2.49. The second-order valence-electron chi connectivity index (χ2n) is 9.88. The van der Waals surface area contributed by atoms with Crippen molar-refractivity contribution < 1.29 is 23.8 Å². The van der Waals surface area contributed by atoms with E-state index in [2.05, 4.69) is 35.5 Å². The highest BCUT2D eigenvalue weighted by atomic mass is 19.1. The Morgan fingerprint density at radius 3 is 2.68 bits per heavy atom. The van der Waals surface area contributed by atoms with E-state index in [1.165, 1.54) is 12.1 Å². The Morgan fingerprint density at radius 1 is 1.16 bits per heavy atom. The third-order valence-corrected chi connectivity index (χ3v) is 7.07. The van der Waals surface area contributed by atoms with Crippen molar-refractivity contribution in [2.75, 3.05) is 13.2 Å². The minimum absolute atomic E-state index is 0.0952. The van der Waals surface area contributed by atoms with Crippen molar-refractivity contribution >= 4 is 23.1 Å². The molecule has 0 bridgehead atoms. The van der Waals surface area contributed by atoms with E-state index in [0.29, 0.717) is 25.5 Å². The van der Waals surface area contributed by atoms with Crippen LogP contribution in [0.1, 0.15) is 53.4 Å². The SMILES string of the molecule is CC(C)c1c(-c2ccc(C(=O)O)cc2OC2CCOC2)c2cc3c(cc2n1-c1ccc(F)cc1)C=NC3. The van der Waals surface area contributed by atoms with Gasteiger partial charge in [-0.2, -0.15) is 0 Å². The molecule has 1 N–H and O–H groups in total. The maximum atomic E-state index is 13.9. The van der Waals surface area contributed by atoms with Gasteiger partial charge < -0.3 is 19.1 Å². The zero-order valence-corrected chi connectivity index (χ0v) is 20.7. The molecule has 0 radical (unpaired) electrons. The predicted octanol–water partition coefficient (Wildman–Crippen LogP) is 6.36. The largest absolute Gasteiger partial charge is 0.487 e. The van der Waals surface area contributed by atoms with Gasteiger partial charge in [0.05, 0.1) is 30.8 Å². The number of halogens is 1. The lowest BCUT2D eigenvalue weighted by molar-refractivity contribution is 0.0696. The van der Waals surface area contributed by atoms with Crippen molar-refractivity contribution in [2.45, 2.75) is 38.8 Å². The zero-order valence-electron chi connectivity index (χ0n) is 20.7. The van der Waals surface area contributed by atoms with Crippen LogP contribution in [0.4, 0.5) is 4.39 Å². The fraction of sp³-hybridized carbons (Fsp3) is 0.267. The summed E-state index contributed by atoms with van der Waals surface area (Å²) in [5.41, 5.74) is 7.04. The first-order valence-corrected chi connectivity index (χ1v) is 12.5. The molecule has 7 heteroatoms. The molecule has 1 fully saturated rings. The summed E-state index contributed by atoms with van der Waals surface area (Å²) >= 11 is 0. The third-order valence-electron chi connectivity index (χ3n) is 7.07. The summed E-state index contributed by atoms with van der Waals surface area (Å²) in [5.74, 6) is -0.685. The van der Waals surface area contributed by atoms with Gasteiger partial charge in [0, 0.05) is 40.5 Å². The van der Waals surface area contributed by atoms with Crippen LogP contribution in [0.2, 0.25) is 0 Å². The number of fused-ring (bicyclic) bond motifs is 2. The number of carboxylic acid groups (broad SMARTS) is 1. The molecular weight excluding hydrogens is 471 g/mol. The fourth-order valence-electron chi connectivity index (χ4n) is 5.36. The highest BCUT2D eigenvalue weighted by Crippen LogP contribution is 2.45. The summed E-state index contributed by atoms with van der Waals surface area (Å²) in [7, 11) is 0. The van der Waals surface area contributed by atoms with Crippen LogP contribution in [0, 0.1) is 5.82 Å². The Hall–Kier alpha value is -3.97. The average Bonchev–Trinajstić information content (AvgIpc) is 3.62. The minimum atomic E-state index is -1.01. The molecule has 37 heavy (non-hydrogen) atoms. The molecule has 1 unspecified atom stereocenters. The van der Waals surface area contributed by atoms with Gasteiger partial charge in [-0.25, -0.2) is 9.18 Å². The molecule has 0 amide bonds. The number of carbonyl (C=O) groups is 1. The van der Waals surface area contributed by atoms with E-state index < -0.39 is 5.97 Å². The molecule has 188 valence electrons. The Balaban J connectivity index is 1.67. The lowest BCUT2D eigenvalue weighted by atomic mass is 9.94. The van der Waals surface area contributed by atoms with E-state index in [1.807, 2.05) is 12.3 Å². The molecule has 0 spiro atoms. The van der Waals surface area contributed by atoms with Crippen molar-refractivity contribution in [3.05, 3.63) is 82.8 Å². The number of aliphatic imine (C=N–C) groups is 1. The van der Waals surface area contributed by atoms with Crippen LogP contribution in [-0.2, 0) is 11.3 Å². The van der Waals surface area contributed by atoms with Crippen LogP contribution in [-0.4, -0.2) is 41.2 Å². The molecule has 0 aliphatic carbocycles. The molecule has 3 aromatic carbocycles. The van der Waals surface area contributed by atoms with Gasteiger partial charge in [-0.3, -0.25) is 4.99 Å². The first-order valence-electron chi connectivity index (χ1n) is 12.5. The lowest BCUT2D eigenvalue weighted by Gasteiger charge is -2.19. The Kier molecular flexibility index (Phi) is 5.80. The number of ether oxygens (including phenoxy) is 2. The maximum absolute atomic E-state index is 13.9. The van der Waals surface area contributed by atoms with Crippen LogP contribution < -0.4 is 4.74 Å². The van der Waals surface area contributed by atoms with Crippen LogP contribution in [0.25, 0.3) is 27.7 Å². The summed E-state index contributed by atoms with van der Waals surface area (Å²) < 4.78 is 28.0. The zero-order chi connectivity index (χ0) is 25.7. The second-order valence-corrected chi connectivity index (χ2v) is 9.88. The minimum Gasteiger partial charge on any atom is -0.487 e. The quantitative estimate of drug-likeness (QED) is 0.336. The maximum Gasteiger partial charge on any atom is 0.335 e. The molecule has 1 aromatic heterocycles. The van der Waals surface area contributed by atoms with Gasteiger partial charge in [-0.05, 0) is 71.6 Å². The third kappa shape index (κ3) is 4.09.